The summed E-state index contributed by atoms with van der Waals surface area (Å²) < 4.78 is 0. The number of rotatable bonds is 2. The zero-order valence-electron chi connectivity index (χ0n) is 10.6. The van der Waals surface area contributed by atoms with Gasteiger partial charge in [-0.2, -0.15) is 0 Å². The lowest BCUT2D eigenvalue weighted by Gasteiger charge is -2.25. The summed E-state index contributed by atoms with van der Waals surface area (Å²) in [6.07, 6.45) is 1.18. The normalized spacial score (nSPS) is 25.6. The van der Waals surface area contributed by atoms with E-state index in [2.05, 4.69) is 16.0 Å². The third-order valence-electron chi connectivity index (χ3n) is 3.72. The number of benzene rings is 1. The van der Waals surface area contributed by atoms with Crippen LogP contribution in [0.4, 0.5) is 5.69 Å². The SMILES string of the molecule is O=C1CC(C(=O)NC2CCNC2)c2ccccc2N1. The first kappa shape index (κ1) is 12.2. The quantitative estimate of drug-likeness (QED) is 0.728. The van der Waals surface area contributed by atoms with Crippen molar-refractivity contribution in [1.29, 1.82) is 0 Å². The van der Waals surface area contributed by atoms with Crippen LogP contribution in [0.5, 0.6) is 0 Å². The molecular formula is C14H17N3O2. The summed E-state index contributed by atoms with van der Waals surface area (Å²) in [5, 5.41) is 9.05. The van der Waals surface area contributed by atoms with Crippen LogP contribution in [0.3, 0.4) is 0 Å². The second-order valence-electron chi connectivity index (χ2n) is 5.09. The standard InChI is InChI=1S/C14H17N3O2/c18-13-7-11(10-3-1-2-4-12(10)17-13)14(19)16-9-5-6-15-8-9/h1-4,9,11,15H,5-8H2,(H,16,19)(H,17,18). The summed E-state index contributed by atoms with van der Waals surface area (Å²) in [7, 11) is 0. The Morgan fingerprint density at radius 3 is 2.95 bits per heavy atom. The maximum atomic E-state index is 12.3. The van der Waals surface area contributed by atoms with Crippen molar-refractivity contribution < 1.29 is 9.59 Å². The number of carbonyl (C=O) groups is 2. The Hall–Kier alpha value is -1.88. The van der Waals surface area contributed by atoms with Crippen molar-refractivity contribution in [2.45, 2.75) is 24.8 Å². The molecule has 3 rings (SSSR count). The molecule has 2 aliphatic rings. The Balaban J connectivity index is 1.79. The molecule has 0 aliphatic carbocycles. The van der Waals surface area contributed by atoms with E-state index < -0.39 is 0 Å². The molecule has 0 saturated carbocycles. The van der Waals surface area contributed by atoms with Crippen molar-refractivity contribution in [3.05, 3.63) is 29.8 Å². The maximum absolute atomic E-state index is 12.3. The lowest BCUT2D eigenvalue weighted by atomic mass is 9.89. The Bertz CT molecular complexity index is 509. The number of anilines is 1. The predicted molar refractivity (Wildman–Crippen MR) is 71.8 cm³/mol. The molecular weight excluding hydrogens is 242 g/mol. The highest BCUT2D eigenvalue weighted by Gasteiger charge is 2.31. The van der Waals surface area contributed by atoms with E-state index in [1.165, 1.54) is 0 Å². The van der Waals surface area contributed by atoms with Gasteiger partial charge in [0, 0.05) is 24.7 Å². The van der Waals surface area contributed by atoms with Crippen LogP contribution in [0.25, 0.3) is 0 Å². The molecule has 3 N–H and O–H groups in total. The van der Waals surface area contributed by atoms with Gasteiger partial charge in [0.15, 0.2) is 0 Å². The maximum Gasteiger partial charge on any atom is 0.228 e. The molecule has 0 bridgehead atoms. The van der Waals surface area contributed by atoms with Gasteiger partial charge in [-0.05, 0) is 24.6 Å². The van der Waals surface area contributed by atoms with Gasteiger partial charge in [0.1, 0.15) is 0 Å². The van der Waals surface area contributed by atoms with Crippen LogP contribution < -0.4 is 16.0 Å². The summed E-state index contributed by atoms with van der Waals surface area (Å²) in [4.78, 5) is 24.0. The molecule has 0 spiro atoms. The van der Waals surface area contributed by atoms with Crippen molar-refractivity contribution in [2.75, 3.05) is 18.4 Å². The third kappa shape index (κ3) is 2.46. The first-order valence-corrected chi connectivity index (χ1v) is 6.64. The van der Waals surface area contributed by atoms with E-state index in [1.54, 1.807) is 0 Å². The summed E-state index contributed by atoms with van der Waals surface area (Å²) in [6.45, 7) is 1.75. The molecule has 1 aromatic rings. The second-order valence-corrected chi connectivity index (χ2v) is 5.09. The minimum Gasteiger partial charge on any atom is -0.351 e. The number of para-hydroxylation sites is 1. The minimum atomic E-state index is -0.370. The third-order valence-corrected chi connectivity index (χ3v) is 3.72. The number of fused-ring (bicyclic) bond motifs is 1. The molecule has 2 heterocycles. The fourth-order valence-electron chi connectivity index (χ4n) is 2.72. The first-order chi connectivity index (χ1) is 9.24. The molecule has 2 unspecified atom stereocenters. The highest BCUT2D eigenvalue weighted by atomic mass is 16.2. The largest absolute Gasteiger partial charge is 0.351 e. The van der Waals surface area contributed by atoms with Gasteiger partial charge in [-0.3, -0.25) is 9.59 Å². The van der Waals surface area contributed by atoms with E-state index in [4.69, 9.17) is 0 Å². The average molecular weight is 259 g/mol. The Morgan fingerprint density at radius 2 is 2.16 bits per heavy atom. The number of amides is 2. The van der Waals surface area contributed by atoms with Crippen molar-refractivity contribution in [3.63, 3.8) is 0 Å². The van der Waals surface area contributed by atoms with Gasteiger partial charge >= 0.3 is 0 Å². The molecule has 1 saturated heterocycles. The van der Waals surface area contributed by atoms with Gasteiger partial charge in [0.05, 0.1) is 5.92 Å². The van der Waals surface area contributed by atoms with Gasteiger partial charge < -0.3 is 16.0 Å². The number of nitrogens with one attached hydrogen (secondary N) is 3. The van der Waals surface area contributed by atoms with Gasteiger partial charge in [-0.1, -0.05) is 18.2 Å². The lowest BCUT2D eigenvalue weighted by Crippen LogP contribution is -2.41. The van der Waals surface area contributed by atoms with Gasteiger partial charge in [0.2, 0.25) is 11.8 Å². The second kappa shape index (κ2) is 5.01. The van der Waals surface area contributed by atoms with Crippen molar-refractivity contribution in [1.82, 2.24) is 10.6 Å². The monoisotopic (exact) mass is 259 g/mol. The summed E-state index contributed by atoms with van der Waals surface area (Å²) in [5.41, 5.74) is 1.66. The average Bonchev–Trinajstić information content (AvgIpc) is 2.90. The van der Waals surface area contributed by atoms with Crippen LogP contribution in [-0.4, -0.2) is 30.9 Å². The van der Waals surface area contributed by atoms with E-state index >= 15 is 0 Å². The van der Waals surface area contributed by atoms with Crippen molar-refractivity contribution in [3.8, 4) is 0 Å². The molecule has 2 aliphatic heterocycles. The predicted octanol–water partition coefficient (Wildman–Crippen LogP) is 0.590. The zero-order chi connectivity index (χ0) is 13.2. The van der Waals surface area contributed by atoms with Crippen LogP contribution in [0.15, 0.2) is 24.3 Å². The fraction of sp³-hybridized carbons (Fsp3) is 0.429. The number of carbonyl (C=O) groups excluding carboxylic acids is 2. The summed E-state index contributed by atoms with van der Waals surface area (Å²) >= 11 is 0. The topological polar surface area (TPSA) is 70.2 Å². The molecule has 5 nitrogen and oxygen atoms in total. The molecule has 1 fully saturated rings. The molecule has 5 heteroatoms. The molecule has 0 radical (unpaired) electrons. The van der Waals surface area contributed by atoms with E-state index in [9.17, 15) is 9.59 Å². The Kier molecular flexibility index (Phi) is 3.21. The van der Waals surface area contributed by atoms with Gasteiger partial charge in [-0.25, -0.2) is 0 Å². The van der Waals surface area contributed by atoms with E-state index in [0.29, 0.717) is 0 Å². The Morgan fingerprint density at radius 1 is 1.32 bits per heavy atom. The van der Waals surface area contributed by atoms with Crippen molar-refractivity contribution in [2.24, 2.45) is 0 Å². The highest BCUT2D eigenvalue weighted by Crippen LogP contribution is 2.32. The Labute approximate surface area is 111 Å². The highest BCUT2D eigenvalue weighted by molar-refractivity contribution is 6.01. The van der Waals surface area contributed by atoms with Crippen LogP contribution >= 0.6 is 0 Å². The van der Waals surface area contributed by atoms with Crippen molar-refractivity contribution >= 4 is 17.5 Å². The zero-order valence-corrected chi connectivity index (χ0v) is 10.6. The van der Waals surface area contributed by atoms with E-state index in [-0.39, 0.29) is 30.2 Å². The molecule has 19 heavy (non-hydrogen) atoms. The van der Waals surface area contributed by atoms with Crippen LogP contribution in [0, 0.1) is 0 Å². The smallest absolute Gasteiger partial charge is 0.228 e. The molecule has 2 amide bonds. The van der Waals surface area contributed by atoms with Crippen LogP contribution in [0.1, 0.15) is 24.3 Å². The van der Waals surface area contributed by atoms with Crippen LogP contribution in [-0.2, 0) is 9.59 Å². The molecule has 2 atom stereocenters. The molecule has 100 valence electrons. The van der Waals surface area contributed by atoms with Gasteiger partial charge in [0.25, 0.3) is 0 Å². The number of hydrogen-bond acceptors (Lipinski definition) is 3. The summed E-state index contributed by atoms with van der Waals surface area (Å²) in [5.74, 6) is -0.509. The fourth-order valence-corrected chi connectivity index (χ4v) is 2.72. The first-order valence-electron chi connectivity index (χ1n) is 6.64. The number of hydrogen-bond donors (Lipinski definition) is 3. The van der Waals surface area contributed by atoms with Crippen LogP contribution in [0.2, 0.25) is 0 Å². The van der Waals surface area contributed by atoms with Gasteiger partial charge in [-0.15, -0.1) is 0 Å². The molecule has 0 aromatic heterocycles. The molecule has 1 aromatic carbocycles. The lowest BCUT2D eigenvalue weighted by molar-refractivity contribution is -0.126. The van der Waals surface area contributed by atoms with E-state index in [1.807, 2.05) is 24.3 Å². The van der Waals surface area contributed by atoms with E-state index in [0.717, 1.165) is 30.8 Å². The summed E-state index contributed by atoms with van der Waals surface area (Å²) in [6, 6.07) is 7.69. The minimum absolute atomic E-state index is 0.0454.